The van der Waals surface area contributed by atoms with E-state index >= 15 is 0 Å². The van der Waals surface area contributed by atoms with Gasteiger partial charge in [-0.3, -0.25) is 9.59 Å². The number of nitrogens with zero attached hydrogens (tertiary/aromatic N) is 2. The Balaban J connectivity index is 1.56. The van der Waals surface area contributed by atoms with Crippen molar-refractivity contribution in [1.82, 2.24) is 9.80 Å². The van der Waals surface area contributed by atoms with E-state index < -0.39 is 34.3 Å². The van der Waals surface area contributed by atoms with E-state index in [-0.39, 0.29) is 25.5 Å². The van der Waals surface area contributed by atoms with Gasteiger partial charge in [-0.25, -0.2) is 13.2 Å². The van der Waals surface area contributed by atoms with Gasteiger partial charge in [0.05, 0.1) is 19.8 Å². The summed E-state index contributed by atoms with van der Waals surface area (Å²) >= 11 is 0. The van der Waals surface area contributed by atoms with Gasteiger partial charge in [-0.05, 0) is 49.2 Å². The minimum Gasteiger partial charge on any atom is -0.493 e. The average Bonchev–Trinajstić information content (AvgIpc) is 2.84. The number of hydrogen-bond donors (Lipinski definition) is 0. The van der Waals surface area contributed by atoms with Crippen LogP contribution in [0, 0.1) is 22.9 Å². The van der Waals surface area contributed by atoms with Gasteiger partial charge >= 0.3 is 0 Å². The molecule has 4 rings (SSSR count). The van der Waals surface area contributed by atoms with Gasteiger partial charge in [0.1, 0.15) is 28.8 Å². The van der Waals surface area contributed by atoms with Crippen LogP contribution >= 0.6 is 0 Å². The maximum absolute atomic E-state index is 14.3. The van der Waals surface area contributed by atoms with Gasteiger partial charge in [-0.15, -0.1) is 0 Å². The quantitative estimate of drug-likeness (QED) is 0.639. The van der Waals surface area contributed by atoms with Crippen molar-refractivity contribution in [2.45, 2.75) is 19.3 Å². The predicted molar refractivity (Wildman–Crippen MR) is 118 cm³/mol. The first-order valence-electron chi connectivity index (χ1n) is 11.3. The third-order valence-electron chi connectivity index (χ3n) is 6.37. The number of rotatable bonds is 6. The van der Waals surface area contributed by atoms with Crippen LogP contribution in [-0.4, -0.2) is 67.6 Å². The fourth-order valence-corrected chi connectivity index (χ4v) is 4.57. The van der Waals surface area contributed by atoms with Crippen LogP contribution in [0.1, 0.15) is 29.6 Å². The van der Waals surface area contributed by atoms with Gasteiger partial charge in [-0.1, -0.05) is 6.07 Å². The number of morpholine rings is 1. The van der Waals surface area contributed by atoms with Crippen molar-refractivity contribution in [3.63, 3.8) is 0 Å². The Morgan fingerprint density at radius 2 is 1.62 bits per heavy atom. The van der Waals surface area contributed by atoms with E-state index in [1.165, 1.54) is 35.2 Å². The molecule has 34 heavy (non-hydrogen) atoms. The Morgan fingerprint density at radius 1 is 0.941 bits per heavy atom. The second-order valence-electron chi connectivity index (χ2n) is 8.84. The summed E-state index contributed by atoms with van der Waals surface area (Å²) in [6.07, 6.45) is 1.25. The van der Waals surface area contributed by atoms with E-state index in [9.17, 15) is 22.8 Å². The lowest BCUT2D eigenvalue weighted by atomic mass is 9.77. The molecule has 9 heteroatoms. The maximum atomic E-state index is 14.3. The highest BCUT2D eigenvalue weighted by atomic mass is 19.1. The molecule has 2 aromatic rings. The molecular formula is C25H27F3N2O4. The zero-order chi connectivity index (χ0) is 24.1. The highest BCUT2D eigenvalue weighted by molar-refractivity contribution is 5.95. The summed E-state index contributed by atoms with van der Waals surface area (Å²) in [5.41, 5.74) is -1.36. The molecule has 0 unspecified atom stereocenters. The average molecular weight is 476 g/mol. The lowest BCUT2D eigenvalue weighted by Crippen LogP contribution is -2.52. The number of carbonyl (C=O) groups is 2. The standard InChI is InChI=1S/C25H27F3N2O4/c26-18-5-7-19(8-6-18)34-17-25(15-22(31)29-11-13-33-14-12-29)9-2-10-30(16-25)24(32)23-20(27)3-1-4-21(23)28/h1,3-8H,2,9-17H2/t25-/m0/s1. The molecule has 182 valence electrons. The molecule has 0 radical (unpaired) electrons. The second kappa shape index (κ2) is 10.5. The van der Waals surface area contributed by atoms with Crippen molar-refractivity contribution < 1.29 is 32.2 Å². The van der Waals surface area contributed by atoms with Crippen molar-refractivity contribution in [2.75, 3.05) is 46.0 Å². The predicted octanol–water partition coefficient (Wildman–Crippen LogP) is 3.65. The molecule has 0 saturated carbocycles. The molecule has 2 aliphatic heterocycles. The monoisotopic (exact) mass is 476 g/mol. The number of piperidine rings is 1. The van der Waals surface area contributed by atoms with Gasteiger partial charge in [0.25, 0.3) is 5.91 Å². The SMILES string of the molecule is O=C(C[C@@]1(COc2ccc(F)cc2)CCCN(C(=O)c2c(F)cccc2F)C1)N1CCOCC1. The van der Waals surface area contributed by atoms with Gasteiger partial charge in [0.2, 0.25) is 5.91 Å². The zero-order valence-corrected chi connectivity index (χ0v) is 18.8. The number of ether oxygens (including phenoxy) is 2. The molecule has 6 nitrogen and oxygen atoms in total. The van der Waals surface area contributed by atoms with Crippen molar-refractivity contribution in [3.8, 4) is 5.75 Å². The molecule has 0 aliphatic carbocycles. The van der Waals surface area contributed by atoms with E-state index in [4.69, 9.17) is 9.47 Å². The molecule has 0 bridgehead atoms. The van der Waals surface area contributed by atoms with Crippen LogP contribution < -0.4 is 4.74 Å². The molecule has 0 N–H and O–H groups in total. The van der Waals surface area contributed by atoms with Gasteiger partial charge in [-0.2, -0.15) is 0 Å². The van der Waals surface area contributed by atoms with Gasteiger partial charge < -0.3 is 19.3 Å². The van der Waals surface area contributed by atoms with Crippen molar-refractivity contribution >= 4 is 11.8 Å². The summed E-state index contributed by atoms with van der Waals surface area (Å²) in [7, 11) is 0. The van der Waals surface area contributed by atoms with Crippen LogP contribution in [0.4, 0.5) is 13.2 Å². The Bertz CT molecular complexity index is 1010. The minimum atomic E-state index is -0.923. The fraction of sp³-hybridized carbons (Fsp3) is 0.440. The molecule has 2 fully saturated rings. The minimum absolute atomic E-state index is 0.0858. The van der Waals surface area contributed by atoms with Crippen LogP contribution in [0.5, 0.6) is 5.75 Å². The molecule has 2 amide bonds. The Hall–Kier alpha value is -3.07. The number of hydrogen-bond acceptors (Lipinski definition) is 4. The molecule has 2 aromatic carbocycles. The second-order valence-corrected chi connectivity index (χ2v) is 8.84. The van der Waals surface area contributed by atoms with Crippen LogP contribution in [0.15, 0.2) is 42.5 Å². The molecule has 0 aromatic heterocycles. The zero-order valence-electron chi connectivity index (χ0n) is 18.8. The first-order valence-corrected chi connectivity index (χ1v) is 11.3. The Labute approximate surface area is 196 Å². The summed E-state index contributed by atoms with van der Waals surface area (Å²) < 4.78 is 53.1. The molecule has 2 aliphatic rings. The third-order valence-corrected chi connectivity index (χ3v) is 6.37. The number of likely N-dealkylation sites (tertiary alicyclic amines) is 1. The van der Waals surface area contributed by atoms with E-state index in [0.29, 0.717) is 51.4 Å². The van der Waals surface area contributed by atoms with Crippen molar-refractivity contribution in [2.24, 2.45) is 5.41 Å². The molecular weight excluding hydrogens is 449 g/mol. The van der Waals surface area contributed by atoms with Gasteiger partial charge in [0, 0.05) is 38.0 Å². The number of benzene rings is 2. The van der Waals surface area contributed by atoms with Crippen LogP contribution in [-0.2, 0) is 9.53 Å². The van der Waals surface area contributed by atoms with Crippen LogP contribution in [0.3, 0.4) is 0 Å². The fourth-order valence-electron chi connectivity index (χ4n) is 4.57. The summed E-state index contributed by atoms with van der Waals surface area (Å²) in [5.74, 6) is -2.65. The number of carbonyl (C=O) groups excluding carboxylic acids is 2. The lowest BCUT2D eigenvalue weighted by Gasteiger charge is -2.43. The molecule has 1 atom stereocenters. The molecule has 2 heterocycles. The number of halogens is 3. The highest BCUT2D eigenvalue weighted by Gasteiger charge is 2.42. The van der Waals surface area contributed by atoms with Crippen LogP contribution in [0.25, 0.3) is 0 Å². The third kappa shape index (κ3) is 5.52. The van der Waals surface area contributed by atoms with E-state index in [2.05, 4.69) is 0 Å². The lowest BCUT2D eigenvalue weighted by molar-refractivity contribution is -0.139. The molecule has 0 spiro atoms. The topological polar surface area (TPSA) is 59.1 Å². The largest absolute Gasteiger partial charge is 0.493 e. The normalized spacial score (nSPS) is 20.8. The van der Waals surface area contributed by atoms with Crippen LogP contribution in [0.2, 0.25) is 0 Å². The summed E-state index contributed by atoms with van der Waals surface area (Å²) in [5, 5.41) is 0. The van der Waals surface area contributed by atoms with E-state index in [1.807, 2.05) is 0 Å². The number of amides is 2. The highest BCUT2D eigenvalue weighted by Crippen LogP contribution is 2.36. The summed E-state index contributed by atoms with van der Waals surface area (Å²) in [6, 6.07) is 8.84. The Morgan fingerprint density at radius 3 is 2.29 bits per heavy atom. The Kier molecular flexibility index (Phi) is 7.41. The van der Waals surface area contributed by atoms with Gasteiger partial charge in [0.15, 0.2) is 0 Å². The maximum Gasteiger partial charge on any atom is 0.259 e. The van der Waals surface area contributed by atoms with Crippen molar-refractivity contribution in [1.29, 1.82) is 0 Å². The summed E-state index contributed by atoms with van der Waals surface area (Å²) in [6.45, 7) is 2.41. The smallest absolute Gasteiger partial charge is 0.259 e. The first kappa shape index (κ1) is 24.1. The first-order chi connectivity index (χ1) is 16.4. The van der Waals surface area contributed by atoms with E-state index in [1.54, 1.807) is 4.90 Å². The summed E-state index contributed by atoms with van der Waals surface area (Å²) in [4.78, 5) is 29.3. The van der Waals surface area contributed by atoms with Crippen molar-refractivity contribution in [3.05, 3.63) is 65.5 Å². The molecule has 2 saturated heterocycles. The van der Waals surface area contributed by atoms with E-state index in [0.717, 1.165) is 12.1 Å².